The van der Waals surface area contributed by atoms with Crippen LogP contribution >= 0.6 is 0 Å². The fourth-order valence-electron chi connectivity index (χ4n) is 8.24. The monoisotopic (exact) mass is 853 g/mol. The predicted octanol–water partition coefficient (Wildman–Crippen LogP) is 7.64. The van der Waals surface area contributed by atoms with Gasteiger partial charge in [-0.15, -0.1) is 0 Å². The molecule has 0 saturated carbocycles. The predicted molar refractivity (Wildman–Crippen MR) is 251 cm³/mol. The van der Waals surface area contributed by atoms with E-state index in [2.05, 4.69) is 20.8 Å². The molecular weight excluding hydrogens is 757 g/mol. The summed E-state index contributed by atoms with van der Waals surface area (Å²) in [6, 6.07) is 0. The van der Waals surface area contributed by atoms with Crippen LogP contribution in [0, 0.1) is 0 Å². The lowest BCUT2D eigenvalue weighted by Crippen LogP contribution is -2.56. The Morgan fingerprint density at radius 2 is 0.567 bits per heavy atom. The number of unbranched alkanes of at least 4 members (excludes halogenated alkanes) is 21. The van der Waals surface area contributed by atoms with Gasteiger partial charge in [-0.2, -0.15) is 0 Å². The summed E-state index contributed by atoms with van der Waals surface area (Å²) < 4.78 is 3.49. The van der Waals surface area contributed by atoms with Crippen molar-refractivity contribution in [1.82, 2.24) is 28.4 Å². The number of aliphatic hydroxyl groups excluding tert-OH is 3. The highest BCUT2D eigenvalue weighted by atomic mass is 16.3. The summed E-state index contributed by atoms with van der Waals surface area (Å²) in [6.07, 6.45) is 29.7. The van der Waals surface area contributed by atoms with Crippen LogP contribution in [0.1, 0.15) is 194 Å². The molecular formula is C48H96N6O6. The summed E-state index contributed by atoms with van der Waals surface area (Å²) in [7, 11) is 5.66. The summed E-state index contributed by atoms with van der Waals surface area (Å²) >= 11 is 0. The highest BCUT2D eigenvalue weighted by Crippen LogP contribution is 2.13. The van der Waals surface area contributed by atoms with E-state index in [1.54, 1.807) is 0 Å². The van der Waals surface area contributed by atoms with Gasteiger partial charge in [-0.05, 0) is 40.4 Å². The van der Waals surface area contributed by atoms with Crippen LogP contribution in [0.25, 0.3) is 0 Å². The normalized spacial score (nSPS) is 13.6. The number of hydrogen-bond donors (Lipinski definition) is 3. The molecule has 354 valence electrons. The van der Waals surface area contributed by atoms with Gasteiger partial charge in [0.25, 0.3) is 0 Å². The van der Waals surface area contributed by atoms with Crippen LogP contribution in [0.15, 0.2) is 14.4 Å². The molecule has 3 unspecified atom stereocenters. The number of aliphatic hydroxyl groups is 3. The van der Waals surface area contributed by atoms with Crippen molar-refractivity contribution in [2.45, 2.75) is 232 Å². The summed E-state index contributed by atoms with van der Waals surface area (Å²) in [6.45, 7) is 9.42. The van der Waals surface area contributed by atoms with Crippen LogP contribution in [0.4, 0.5) is 0 Å². The molecule has 1 aromatic heterocycles. The van der Waals surface area contributed by atoms with E-state index < -0.39 is 35.4 Å². The minimum absolute atomic E-state index is 0.0965. The minimum Gasteiger partial charge on any atom is -0.392 e. The molecule has 60 heavy (non-hydrogen) atoms. The third-order valence-electron chi connectivity index (χ3n) is 12.2. The van der Waals surface area contributed by atoms with E-state index in [9.17, 15) is 29.7 Å². The van der Waals surface area contributed by atoms with Gasteiger partial charge in [-0.1, -0.05) is 175 Å². The second-order valence-corrected chi connectivity index (χ2v) is 18.3. The summed E-state index contributed by atoms with van der Waals surface area (Å²) in [4.78, 5) is 47.3. The van der Waals surface area contributed by atoms with Crippen LogP contribution < -0.4 is 17.1 Å². The molecule has 0 saturated heterocycles. The second kappa shape index (κ2) is 36.6. The van der Waals surface area contributed by atoms with E-state index in [1.165, 1.54) is 116 Å². The molecule has 3 atom stereocenters. The first-order valence-electron chi connectivity index (χ1n) is 25.0. The van der Waals surface area contributed by atoms with Crippen LogP contribution in [-0.2, 0) is 19.6 Å². The standard InChI is InChI=1S/C48H96N6O6/c1-7-10-13-16-19-22-25-28-31-43(55)40-49(4)34-37-52-46(58)53(38-35-50(5)41-44(56)32-29-26-23-20-17-14-11-8-2)48(60)54(47(52)59)39-36-51(6)42-45(57)33-30-27-24-21-18-15-12-9-3/h43-45,55-57H,7-42H2,1-6H3. The van der Waals surface area contributed by atoms with Gasteiger partial charge >= 0.3 is 17.1 Å². The molecule has 0 radical (unpaired) electrons. The molecule has 0 amide bonds. The largest absolute Gasteiger partial charge is 0.392 e. The Labute approximate surface area is 366 Å². The van der Waals surface area contributed by atoms with E-state index in [0.717, 1.165) is 71.5 Å². The molecule has 3 N–H and O–H groups in total. The molecule has 1 rings (SSSR count). The summed E-state index contributed by atoms with van der Waals surface area (Å²) in [5, 5.41) is 32.2. The zero-order valence-electron chi connectivity index (χ0n) is 39.9. The fraction of sp³-hybridized carbons (Fsp3) is 0.938. The molecule has 0 aliphatic heterocycles. The zero-order chi connectivity index (χ0) is 44.4. The SMILES string of the molecule is CCCCCCCCCCC(O)CN(C)CCn1c(=O)n(CCN(C)CC(O)CCCCCCCCCC)c(=O)n(CCN(C)CC(O)CCCCCCCCCC)c1=O. The van der Waals surface area contributed by atoms with Gasteiger partial charge in [-0.3, -0.25) is 0 Å². The Balaban J connectivity index is 2.89. The third-order valence-corrected chi connectivity index (χ3v) is 12.2. The van der Waals surface area contributed by atoms with Gasteiger partial charge in [0.05, 0.1) is 18.3 Å². The first-order chi connectivity index (χ1) is 28.9. The van der Waals surface area contributed by atoms with Gasteiger partial charge in [0.2, 0.25) is 0 Å². The number of nitrogens with zero attached hydrogens (tertiary/aromatic N) is 6. The molecule has 12 heteroatoms. The highest BCUT2D eigenvalue weighted by molar-refractivity contribution is 4.81. The van der Waals surface area contributed by atoms with Crippen LogP contribution in [0.3, 0.4) is 0 Å². The number of aromatic nitrogens is 3. The quantitative estimate of drug-likeness (QED) is 0.0568. The van der Waals surface area contributed by atoms with Crippen molar-refractivity contribution in [3.05, 3.63) is 31.5 Å². The molecule has 12 nitrogen and oxygen atoms in total. The molecule has 1 heterocycles. The summed E-state index contributed by atoms with van der Waals surface area (Å²) in [5.74, 6) is 0. The van der Waals surface area contributed by atoms with Crippen molar-refractivity contribution in [2.75, 3.05) is 60.4 Å². The van der Waals surface area contributed by atoms with E-state index >= 15 is 0 Å². The molecule has 0 fully saturated rings. The first-order valence-corrected chi connectivity index (χ1v) is 25.0. The van der Waals surface area contributed by atoms with Crippen LogP contribution in [0.5, 0.6) is 0 Å². The molecule has 0 aliphatic rings. The second-order valence-electron chi connectivity index (χ2n) is 18.3. The van der Waals surface area contributed by atoms with Crippen molar-refractivity contribution >= 4 is 0 Å². The number of likely N-dealkylation sites (N-methyl/N-ethyl adjacent to an activating group) is 3. The maximum absolute atomic E-state index is 13.8. The van der Waals surface area contributed by atoms with Crippen LogP contribution in [0.2, 0.25) is 0 Å². The maximum atomic E-state index is 13.8. The molecule has 0 bridgehead atoms. The van der Waals surface area contributed by atoms with Crippen LogP contribution in [-0.4, -0.2) is 122 Å². The third kappa shape index (κ3) is 27.3. The number of hydrogen-bond acceptors (Lipinski definition) is 9. The zero-order valence-corrected chi connectivity index (χ0v) is 39.9. The van der Waals surface area contributed by atoms with Gasteiger partial charge < -0.3 is 30.0 Å². The van der Waals surface area contributed by atoms with E-state index in [1.807, 2.05) is 35.8 Å². The Morgan fingerprint density at radius 3 is 0.783 bits per heavy atom. The molecule has 1 aromatic rings. The Bertz CT molecular complexity index is 1150. The van der Waals surface area contributed by atoms with Crippen molar-refractivity contribution in [2.24, 2.45) is 0 Å². The Hall–Kier alpha value is -1.83. The average molecular weight is 853 g/mol. The molecule has 0 spiro atoms. The highest BCUT2D eigenvalue weighted by Gasteiger charge is 2.19. The average Bonchev–Trinajstić information content (AvgIpc) is 3.20. The number of rotatable bonds is 42. The Morgan fingerprint density at radius 1 is 0.367 bits per heavy atom. The summed E-state index contributed by atoms with van der Waals surface area (Å²) in [5.41, 5.74) is -1.89. The van der Waals surface area contributed by atoms with E-state index in [4.69, 9.17) is 0 Å². The van der Waals surface area contributed by atoms with Crippen molar-refractivity contribution in [3.8, 4) is 0 Å². The van der Waals surface area contributed by atoms with Gasteiger partial charge in [0.1, 0.15) is 0 Å². The fourth-order valence-corrected chi connectivity index (χ4v) is 8.24. The first kappa shape index (κ1) is 56.2. The minimum atomic E-state index is -0.629. The van der Waals surface area contributed by atoms with Gasteiger partial charge in [0, 0.05) is 58.9 Å². The van der Waals surface area contributed by atoms with Crippen molar-refractivity contribution in [1.29, 1.82) is 0 Å². The lowest BCUT2D eigenvalue weighted by Gasteiger charge is -2.23. The molecule has 0 aromatic carbocycles. The van der Waals surface area contributed by atoms with E-state index in [-0.39, 0.29) is 19.6 Å². The van der Waals surface area contributed by atoms with Gasteiger partial charge in [0.15, 0.2) is 0 Å². The maximum Gasteiger partial charge on any atom is 0.336 e. The lowest BCUT2D eigenvalue weighted by atomic mass is 10.1. The van der Waals surface area contributed by atoms with Crippen molar-refractivity contribution < 1.29 is 15.3 Å². The topological polar surface area (TPSA) is 136 Å². The van der Waals surface area contributed by atoms with Crippen molar-refractivity contribution in [3.63, 3.8) is 0 Å². The lowest BCUT2D eigenvalue weighted by molar-refractivity contribution is 0.111. The van der Waals surface area contributed by atoms with Gasteiger partial charge in [-0.25, -0.2) is 28.1 Å². The Kier molecular flexibility index (Phi) is 34.3. The molecule has 0 aliphatic carbocycles. The van der Waals surface area contributed by atoms with E-state index in [0.29, 0.717) is 39.3 Å². The smallest absolute Gasteiger partial charge is 0.336 e.